The molecule has 0 unspecified atom stereocenters. The van der Waals surface area contributed by atoms with Crippen LogP contribution < -0.4 is 9.47 Å². The molecule has 0 radical (unpaired) electrons. The SMILES string of the molecule is COc1ccc2[nH]c(-c3cc(OC)cc4c[nH]c(O)c34)cc2c1. The number of hydrogen-bond donors (Lipinski definition) is 3. The Morgan fingerprint density at radius 1 is 0.913 bits per heavy atom. The number of H-pyrrole nitrogens is 2. The van der Waals surface area contributed by atoms with E-state index in [-0.39, 0.29) is 5.88 Å². The number of aromatic amines is 2. The van der Waals surface area contributed by atoms with Crippen LogP contribution in [0.4, 0.5) is 0 Å². The number of aromatic hydroxyl groups is 1. The van der Waals surface area contributed by atoms with Gasteiger partial charge in [-0.3, -0.25) is 0 Å². The van der Waals surface area contributed by atoms with Crippen molar-refractivity contribution in [1.82, 2.24) is 9.97 Å². The van der Waals surface area contributed by atoms with Crippen molar-refractivity contribution in [3.05, 3.63) is 42.6 Å². The predicted molar refractivity (Wildman–Crippen MR) is 90.4 cm³/mol. The average Bonchev–Trinajstić information content (AvgIpc) is 3.17. The number of hydrogen-bond acceptors (Lipinski definition) is 3. The summed E-state index contributed by atoms with van der Waals surface area (Å²) < 4.78 is 10.6. The molecule has 0 fully saturated rings. The van der Waals surface area contributed by atoms with Crippen LogP contribution in [0.15, 0.2) is 42.6 Å². The van der Waals surface area contributed by atoms with Crippen LogP contribution in [0, 0.1) is 0 Å². The zero-order valence-electron chi connectivity index (χ0n) is 12.8. The van der Waals surface area contributed by atoms with E-state index in [1.54, 1.807) is 20.4 Å². The fraction of sp³-hybridized carbons (Fsp3) is 0.111. The van der Waals surface area contributed by atoms with Crippen molar-refractivity contribution in [1.29, 1.82) is 0 Å². The number of aromatic nitrogens is 2. The normalized spacial score (nSPS) is 11.2. The third-order valence-corrected chi connectivity index (χ3v) is 4.10. The van der Waals surface area contributed by atoms with Gasteiger partial charge in [0, 0.05) is 33.7 Å². The molecule has 0 aliphatic heterocycles. The highest BCUT2D eigenvalue weighted by Crippen LogP contribution is 2.38. The molecule has 0 spiro atoms. The minimum absolute atomic E-state index is 0.147. The molecule has 2 aromatic heterocycles. The summed E-state index contributed by atoms with van der Waals surface area (Å²) in [6, 6.07) is 11.7. The maximum atomic E-state index is 10.1. The van der Waals surface area contributed by atoms with E-state index in [1.807, 2.05) is 36.4 Å². The summed E-state index contributed by atoms with van der Waals surface area (Å²) in [5.41, 5.74) is 2.80. The van der Waals surface area contributed by atoms with Crippen molar-refractivity contribution in [2.45, 2.75) is 0 Å². The van der Waals surface area contributed by atoms with E-state index in [4.69, 9.17) is 9.47 Å². The molecule has 0 amide bonds. The Balaban J connectivity index is 1.99. The third-order valence-electron chi connectivity index (χ3n) is 4.10. The lowest BCUT2D eigenvalue weighted by Gasteiger charge is -2.06. The van der Waals surface area contributed by atoms with Crippen molar-refractivity contribution in [2.75, 3.05) is 14.2 Å². The lowest BCUT2D eigenvalue weighted by molar-refractivity contribution is 0.415. The summed E-state index contributed by atoms with van der Waals surface area (Å²) >= 11 is 0. The van der Waals surface area contributed by atoms with Crippen LogP contribution in [0.5, 0.6) is 17.4 Å². The molecule has 2 aromatic carbocycles. The summed E-state index contributed by atoms with van der Waals surface area (Å²) in [6.45, 7) is 0. The van der Waals surface area contributed by atoms with Gasteiger partial charge in [-0.05, 0) is 36.4 Å². The first kappa shape index (κ1) is 13.6. The van der Waals surface area contributed by atoms with Crippen LogP contribution >= 0.6 is 0 Å². The van der Waals surface area contributed by atoms with Gasteiger partial charge in [0.05, 0.1) is 19.6 Å². The maximum Gasteiger partial charge on any atom is 0.197 e. The van der Waals surface area contributed by atoms with Gasteiger partial charge in [0.25, 0.3) is 0 Å². The average molecular weight is 308 g/mol. The van der Waals surface area contributed by atoms with Crippen molar-refractivity contribution in [3.63, 3.8) is 0 Å². The fourth-order valence-electron chi connectivity index (χ4n) is 2.95. The first-order chi connectivity index (χ1) is 11.2. The van der Waals surface area contributed by atoms with Gasteiger partial charge < -0.3 is 24.5 Å². The van der Waals surface area contributed by atoms with Crippen LogP contribution in [-0.2, 0) is 0 Å². The summed E-state index contributed by atoms with van der Waals surface area (Å²) in [7, 11) is 3.28. The van der Waals surface area contributed by atoms with E-state index >= 15 is 0 Å². The zero-order valence-corrected chi connectivity index (χ0v) is 12.8. The Hall–Kier alpha value is -3.08. The number of fused-ring (bicyclic) bond motifs is 2. The predicted octanol–water partition coefficient (Wildman–Crippen LogP) is 4.04. The van der Waals surface area contributed by atoms with E-state index in [0.29, 0.717) is 0 Å². The van der Waals surface area contributed by atoms with Gasteiger partial charge in [0.15, 0.2) is 5.88 Å². The van der Waals surface area contributed by atoms with Crippen molar-refractivity contribution < 1.29 is 14.6 Å². The molecule has 0 aliphatic carbocycles. The van der Waals surface area contributed by atoms with Crippen LogP contribution in [0.2, 0.25) is 0 Å². The second-order valence-corrected chi connectivity index (χ2v) is 5.41. The van der Waals surface area contributed by atoms with Gasteiger partial charge in [-0.1, -0.05) is 0 Å². The van der Waals surface area contributed by atoms with Crippen molar-refractivity contribution in [2.24, 2.45) is 0 Å². The highest BCUT2D eigenvalue weighted by Gasteiger charge is 2.14. The first-order valence-corrected chi connectivity index (χ1v) is 7.25. The van der Waals surface area contributed by atoms with Gasteiger partial charge in [-0.25, -0.2) is 0 Å². The second-order valence-electron chi connectivity index (χ2n) is 5.41. The molecular weight excluding hydrogens is 292 g/mol. The zero-order chi connectivity index (χ0) is 16.0. The summed E-state index contributed by atoms with van der Waals surface area (Å²) in [4.78, 5) is 6.24. The van der Waals surface area contributed by atoms with E-state index in [9.17, 15) is 5.11 Å². The van der Waals surface area contributed by atoms with Gasteiger partial charge in [-0.2, -0.15) is 0 Å². The summed E-state index contributed by atoms with van der Waals surface area (Å²) in [6.07, 6.45) is 1.77. The van der Waals surface area contributed by atoms with Crippen molar-refractivity contribution >= 4 is 21.7 Å². The number of methoxy groups -OCH3 is 2. The molecule has 5 heteroatoms. The Morgan fingerprint density at radius 2 is 1.70 bits per heavy atom. The van der Waals surface area contributed by atoms with Crippen LogP contribution in [0.3, 0.4) is 0 Å². The van der Waals surface area contributed by atoms with E-state index < -0.39 is 0 Å². The van der Waals surface area contributed by atoms with Gasteiger partial charge in [0.2, 0.25) is 0 Å². The standard InChI is InChI=1S/C18H16N2O3/c1-22-12-3-4-15-10(5-12)7-16(20-15)14-8-13(23-2)6-11-9-19-18(21)17(11)14/h3-9,19-21H,1-2H3. The van der Waals surface area contributed by atoms with Gasteiger partial charge in [-0.15, -0.1) is 0 Å². The molecule has 0 saturated carbocycles. The topological polar surface area (TPSA) is 70.3 Å². The monoisotopic (exact) mass is 308 g/mol. The van der Waals surface area contributed by atoms with E-state index in [2.05, 4.69) is 9.97 Å². The molecule has 116 valence electrons. The molecule has 0 saturated heterocycles. The number of ether oxygens (including phenoxy) is 2. The number of rotatable bonds is 3. The smallest absolute Gasteiger partial charge is 0.197 e. The van der Waals surface area contributed by atoms with Crippen LogP contribution in [0.1, 0.15) is 0 Å². The maximum absolute atomic E-state index is 10.1. The minimum Gasteiger partial charge on any atom is -0.497 e. The largest absolute Gasteiger partial charge is 0.497 e. The Morgan fingerprint density at radius 3 is 2.48 bits per heavy atom. The van der Waals surface area contributed by atoms with Gasteiger partial charge >= 0.3 is 0 Å². The Bertz CT molecular complexity index is 1010. The Labute approximate surface area is 132 Å². The Kier molecular flexibility index (Phi) is 2.94. The van der Waals surface area contributed by atoms with Crippen LogP contribution in [0.25, 0.3) is 32.9 Å². The minimum atomic E-state index is 0.147. The van der Waals surface area contributed by atoms with E-state index in [1.165, 1.54) is 0 Å². The van der Waals surface area contributed by atoms with Crippen LogP contribution in [-0.4, -0.2) is 29.3 Å². The first-order valence-electron chi connectivity index (χ1n) is 7.25. The highest BCUT2D eigenvalue weighted by molar-refractivity contribution is 6.02. The summed E-state index contributed by atoms with van der Waals surface area (Å²) in [5, 5.41) is 12.9. The number of benzene rings is 2. The number of nitrogens with one attached hydrogen (secondary N) is 2. The lowest BCUT2D eigenvalue weighted by atomic mass is 10.0. The summed E-state index contributed by atoms with van der Waals surface area (Å²) in [5.74, 6) is 1.69. The highest BCUT2D eigenvalue weighted by atomic mass is 16.5. The molecule has 2 heterocycles. The molecule has 5 nitrogen and oxygen atoms in total. The lowest BCUT2D eigenvalue weighted by Crippen LogP contribution is -1.85. The second kappa shape index (κ2) is 4.98. The third kappa shape index (κ3) is 2.09. The van der Waals surface area contributed by atoms with Crippen molar-refractivity contribution in [3.8, 4) is 28.6 Å². The molecular formula is C18H16N2O3. The molecule has 4 rings (SSSR count). The fourth-order valence-corrected chi connectivity index (χ4v) is 2.95. The van der Waals surface area contributed by atoms with E-state index in [0.717, 1.165) is 44.4 Å². The molecule has 23 heavy (non-hydrogen) atoms. The molecule has 0 aliphatic rings. The quantitative estimate of drug-likeness (QED) is 0.535. The van der Waals surface area contributed by atoms with Gasteiger partial charge in [0.1, 0.15) is 11.5 Å². The molecule has 0 atom stereocenters. The molecule has 0 bridgehead atoms. The molecule has 3 N–H and O–H groups in total. The molecule has 4 aromatic rings.